The summed E-state index contributed by atoms with van der Waals surface area (Å²) < 4.78 is 10.5. The standard InChI is InChI=1S/C23H22ClN3O4/c1-14-4-6-17(10-15(14)2)25-13-22(28)27-26-12-18-7-9-21(31-18)20-11-16(24)5-8-19(20)23(29)30-3/h4-12,25H,13H2,1-3H3,(H,27,28)/b26-12-. The van der Waals surface area contributed by atoms with E-state index in [1.54, 1.807) is 30.3 Å². The van der Waals surface area contributed by atoms with Crippen molar-refractivity contribution < 1.29 is 18.7 Å². The lowest BCUT2D eigenvalue weighted by molar-refractivity contribution is -0.119. The second kappa shape index (κ2) is 9.95. The molecule has 0 aliphatic carbocycles. The largest absolute Gasteiger partial charge is 0.465 e. The summed E-state index contributed by atoms with van der Waals surface area (Å²) in [6, 6.07) is 14.0. The molecular weight excluding hydrogens is 418 g/mol. The van der Waals surface area contributed by atoms with Gasteiger partial charge in [-0.05, 0) is 67.4 Å². The van der Waals surface area contributed by atoms with Crippen molar-refractivity contribution in [3.05, 3.63) is 76.0 Å². The topological polar surface area (TPSA) is 92.9 Å². The van der Waals surface area contributed by atoms with E-state index < -0.39 is 5.97 Å². The molecule has 0 saturated carbocycles. The fourth-order valence-electron chi connectivity index (χ4n) is 2.82. The third-order valence-corrected chi connectivity index (χ3v) is 4.86. The normalized spacial score (nSPS) is 10.8. The zero-order valence-electron chi connectivity index (χ0n) is 17.4. The first kappa shape index (κ1) is 22.1. The van der Waals surface area contributed by atoms with E-state index in [1.165, 1.54) is 18.9 Å². The number of furan rings is 1. The van der Waals surface area contributed by atoms with Crippen molar-refractivity contribution >= 4 is 35.4 Å². The Labute approximate surface area is 185 Å². The molecule has 1 aromatic heterocycles. The van der Waals surface area contributed by atoms with Crippen LogP contribution in [0.3, 0.4) is 0 Å². The third kappa shape index (κ3) is 5.73. The smallest absolute Gasteiger partial charge is 0.338 e. The molecule has 1 amide bonds. The number of methoxy groups -OCH3 is 1. The number of carbonyl (C=O) groups excluding carboxylic acids is 2. The first-order chi connectivity index (χ1) is 14.9. The van der Waals surface area contributed by atoms with Gasteiger partial charge in [-0.2, -0.15) is 5.10 Å². The van der Waals surface area contributed by atoms with Gasteiger partial charge in [-0.1, -0.05) is 17.7 Å². The number of hydrazone groups is 1. The summed E-state index contributed by atoms with van der Waals surface area (Å²) in [7, 11) is 1.30. The molecule has 0 atom stereocenters. The molecule has 0 aliphatic heterocycles. The molecule has 2 N–H and O–H groups in total. The summed E-state index contributed by atoms with van der Waals surface area (Å²) in [6.07, 6.45) is 1.37. The lowest BCUT2D eigenvalue weighted by Crippen LogP contribution is -2.25. The van der Waals surface area contributed by atoms with Crippen molar-refractivity contribution in [2.75, 3.05) is 19.0 Å². The Morgan fingerprint density at radius 2 is 1.90 bits per heavy atom. The summed E-state index contributed by atoms with van der Waals surface area (Å²) in [5.74, 6) is 0.0196. The van der Waals surface area contributed by atoms with E-state index in [0.29, 0.717) is 27.7 Å². The highest BCUT2D eigenvalue weighted by Gasteiger charge is 2.16. The minimum absolute atomic E-state index is 0.0776. The van der Waals surface area contributed by atoms with Crippen LogP contribution in [0.15, 0.2) is 58.0 Å². The zero-order valence-corrected chi connectivity index (χ0v) is 18.1. The SMILES string of the molecule is COC(=O)c1ccc(Cl)cc1-c1ccc(/C=N\NC(=O)CNc2ccc(C)c(C)c2)o1. The molecule has 8 heteroatoms. The van der Waals surface area contributed by atoms with E-state index in [1.807, 2.05) is 32.0 Å². The Morgan fingerprint density at radius 1 is 1.10 bits per heavy atom. The van der Waals surface area contributed by atoms with Gasteiger partial charge in [0.2, 0.25) is 0 Å². The summed E-state index contributed by atoms with van der Waals surface area (Å²) in [6.45, 7) is 4.12. The Morgan fingerprint density at radius 3 is 2.65 bits per heavy atom. The second-order valence-corrected chi connectivity index (χ2v) is 7.27. The number of hydrogen-bond donors (Lipinski definition) is 2. The fraction of sp³-hybridized carbons (Fsp3) is 0.174. The predicted octanol–water partition coefficient (Wildman–Crippen LogP) is 4.57. The van der Waals surface area contributed by atoms with E-state index >= 15 is 0 Å². The lowest BCUT2D eigenvalue weighted by atomic mass is 10.1. The molecule has 160 valence electrons. The number of nitrogens with one attached hydrogen (secondary N) is 2. The maximum atomic E-state index is 12.0. The third-order valence-electron chi connectivity index (χ3n) is 4.62. The van der Waals surface area contributed by atoms with Crippen LogP contribution in [0.4, 0.5) is 5.69 Å². The Kier molecular flexibility index (Phi) is 7.10. The van der Waals surface area contributed by atoms with Crippen molar-refractivity contribution in [2.45, 2.75) is 13.8 Å². The molecule has 1 heterocycles. The molecule has 0 aliphatic rings. The molecule has 0 fully saturated rings. The molecular formula is C23H22ClN3O4. The number of aryl methyl sites for hydroxylation is 2. The highest BCUT2D eigenvalue weighted by molar-refractivity contribution is 6.31. The lowest BCUT2D eigenvalue weighted by Gasteiger charge is -2.07. The Balaban J connectivity index is 1.61. The Bertz CT molecular complexity index is 1140. The van der Waals surface area contributed by atoms with Crippen LogP contribution in [-0.4, -0.2) is 31.7 Å². The number of nitrogens with zero attached hydrogens (tertiary/aromatic N) is 1. The van der Waals surface area contributed by atoms with Gasteiger partial charge < -0.3 is 14.5 Å². The van der Waals surface area contributed by atoms with Crippen LogP contribution in [0, 0.1) is 13.8 Å². The number of carbonyl (C=O) groups is 2. The van der Waals surface area contributed by atoms with Crippen LogP contribution in [0.2, 0.25) is 5.02 Å². The van der Waals surface area contributed by atoms with Crippen LogP contribution in [-0.2, 0) is 9.53 Å². The summed E-state index contributed by atoms with van der Waals surface area (Å²) >= 11 is 6.06. The highest BCUT2D eigenvalue weighted by atomic mass is 35.5. The first-order valence-corrected chi connectivity index (χ1v) is 9.86. The minimum atomic E-state index is -0.498. The van der Waals surface area contributed by atoms with Gasteiger partial charge >= 0.3 is 5.97 Å². The van der Waals surface area contributed by atoms with Crippen LogP contribution in [0.1, 0.15) is 27.2 Å². The molecule has 7 nitrogen and oxygen atoms in total. The van der Waals surface area contributed by atoms with E-state index in [0.717, 1.165) is 11.3 Å². The van der Waals surface area contributed by atoms with Gasteiger partial charge in [0, 0.05) is 16.3 Å². The number of halogens is 1. The number of amides is 1. The summed E-state index contributed by atoms with van der Waals surface area (Å²) in [5.41, 5.74) is 6.46. The van der Waals surface area contributed by atoms with Crippen molar-refractivity contribution in [3.8, 4) is 11.3 Å². The number of rotatable bonds is 7. The average molecular weight is 440 g/mol. The monoisotopic (exact) mass is 439 g/mol. The molecule has 0 bridgehead atoms. The zero-order chi connectivity index (χ0) is 22.4. The van der Waals surface area contributed by atoms with E-state index in [-0.39, 0.29) is 12.5 Å². The van der Waals surface area contributed by atoms with Crippen LogP contribution < -0.4 is 10.7 Å². The maximum Gasteiger partial charge on any atom is 0.338 e. The molecule has 0 radical (unpaired) electrons. The van der Waals surface area contributed by atoms with Gasteiger partial charge in [-0.15, -0.1) is 0 Å². The van der Waals surface area contributed by atoms with E-state index in [2.05, 4.69) is 15.8 Å². The highest BCUT2D eigenvalue weighted by Crippen LogP contribution is 2.29. The van der Waals surface area contributed by atoms with Crippen LogP contribution >= 0.6 is 11.6 Å². The van der Waals surface area contributed by atoms with Gasteiger partial charge in [0.1, 0.15) is 11.5 Å². The van der Waals surface area contributed by atoms with Gasteiger partial charge in [0.15, 0.2) is 0 Å². The summed E-state index contributed by atoms with van der Waals surface area (Å²) in [5, 5.41) is 7.41. The quantitative estimate of drug-likeness (QED) is 0.319. The number of benzene rings is 2. The number of ether oxygens (including phenoxy) is 1. The maximum absolute atomic E-state index is 12.0. The van der Waals surface area contributed by atoms with Crippen LogP contribution in [0.25, 0.3) is 11.3 Å². The van der Waals surface area contributed by atoms with Gasteiger partial charge in [0.25, 0.3) is 5.91 Å². The van der Waals surface area contributed by atoms with Gasteiger partial charge in [0.05, 0.1) is 25.4 Å². The fourth-order valence-corrected chi connectivity index (χ4v) is 2.99. The molecule has 31 heavy (non-hydrogen) atoms. The second-order valence-electron chi connectivity index (χ2n) is 6.83. The van der Waals surface area contributed by atoms with Gasteiger partial charge in [-0.3, -0.25) is 4.79 Å². The predicted molar refractivity (Wildman–Crippen MR) is 121 cm³/mol. The van der Waals surface area contributed by atoms with Crippen LogP contribution in [0.5, 0.6) is 0 Å². The molecule has 3 rings (SSSR count). The first-order valence-electron chi connectivity index (χ1n) is 9.48. The van der Waals surface area contributed by atoms with Crippen molar-refractivity contribution in [1.29, 1.82) is 0 Å². The Hall–Kier alpha value is -3.58. The van der Waals surface area contributed by atoms with E-state index in [4.69, 9.17) is 20.8 Å². The van der Waals surface area contributed by atoms with Gasteiger partial charge in [-0.25, -0.2) is 10.2 Å². The number of anilines is 1. The number of esters is 1. The van der Waals surface area contributed by atoms with E-state index in [9.17, 15) is 9.59 Å². The molecule has 0 saturated heterocycles. The molecule has 0 spiro atoms. The number of hydrogen-bond acceptors (Lipinski definition) is 6. The average Bonchev–Trinajstić information content (AvgIpc) is 3.23. The van der Waals surface area contributed by atoms with Crippen molar-refractivity contribution in [3.63, 3.8) is 0 Å². The summed E-state index contributed by atoms with van der Waals surface area (Å²) in [4.78, 5) is 24.0. The molecule has 2 aromatic carbocycles. The molecule has 0 unspecified atom stereocenters. The molecule has 3 aromatic rings. The van der Waals surface area contributed by atoms with Crippen molar-refractivity contribution in [2.24, 2.45) is 5.10 Å². The van der Waals surface area contributed by atoms with Crippen molar-refractivity contribution in [1.82, 2.24) is 5.43 Å². The minimum Gasteiger partial charge on any atom is -0.465 e.